The number of ether oxygens (including phenoxy) is 1. The SMILES string of the molecule is Cc1cc(NC(=O)OC(C)(C)C)ccc1NCCCCCO. The number of anilines is 2. The molecule has 0 saturated heterocycles. The lowest BCUT2D eigenvalue weighted by Gasteiger charge is -2.20. The van der Waals surface area contributed by atoms with Gasteiger partial charge in [-0.05, 0) is 70.7 Å². The summed E-state index contributed by atoms with van der Waals surface area (Å²) in [6.07, 6.45) is 2.44. The van der Waals surface area contributed by atoms with Gasteiger partial charge in [0, 0.05) is 24.5 Å². The van der Waals surface area contributed by atoms with Crippen LogP contribution < -0.4 is 10.6 Å². The standard InChI is InChI=1S/C17H28N2O3/c1-13-12-14(19-16(21)22-17(2,3)4)8-9-15(13)18-10-6-5-7-11-20/h8-9,12,18,20H,5-7,10-11H2,1-4H3,(H,19,21). The molecule has 124 valence electrons. The third-order valence-electron chi connectivity index (χ3n) is 3.02. The fraction of sp³-hybridized carbons (Fsp3) is 0.588. The van der Waals surface area contributed by atoms with Crippen LogP contribution in [-0.4, -0.2) is 30.0 Å². The van der Waals surface area contributed by atoms with Crippen LogP contribution in [0.4, 0.5) is 16.2 Å². The molecule has 1 aromatic rings. The Bertz CT molecular complexity index is 481. The number of benzene rings is 1. The topological polar surface area (TPSA) is 70.6 Å². The molecule has 0 radical (unpaired) electrons. The maximum Gasteiger partial charge on any atom is 0.412 e. The number of nitrogens with one attached hydrogen (secondary N) is 2. The van der Waals surface area contributed by atoms with Crippen molar-refractivity contribution in [3.63, 3.8) is 0 Å². The maximum absolute atomic E-state index is 11.7. The number of aryl methyl sites for hydroxylation is 1. The van der Waals surface area contributed by atoms with Crippen LogP contribution in [0.5, 0.6) is 0 Å². The first-order valence-corrected chi connectivity index (χ1v) is 7.77. The molecule has 0 unspecified atom stereocenters. The molecule has 0 aromatic heterocycles. The number of rotatable bonds is 7. The maximum atomic E-state index is 11.7. The molecule has 5 nitrogen and oxygen atoms in total. The van der Waals surface area contributed by atoms with Crippen LogP contribution >= 0.6 is 0 Å². The van der Waals surface area contributed by atoms with Crippen molar-refractivity contribution in [3.8, 4) is 0 Å². The fourth-order valence-corrected chi connectivity index (χ4v) is 2.00. The van der Waals surface area contributed by atoms with Gasteiger partial charge >= 0.3 is 6.09 Å². The zero-order valence-electron chi connectivity index (χ0n) is 14.0. The van der Waals surface area contributed by atoms with Gasteiger partial charge in [-0.3, -0.25) is 5.32 Å². The van der Waals surface area contributed by atoms with E-state index in [0.29, 0.717) is 0 Å². The third kappa shape index (κ3) is 7.31. The highest BCUT2D eigenvalue weighted by Crippen LogP contribution is 2.20. The van der Waals surface area contributed by atoms with Gasteiger partial charge in [-0.1, -0.05) is 0 Å². The molecule has 0 aliphatic rings. The van der Waals surface area contributed by atoms with E-state index >= 15 is 0 Å². The molecular formula is C17H28N2O3. The zero-order chi connectivity index (χ0) is 16.6. The molecule has 1 amide bonds. The van der Waals surface area contributed by atoms with Crippen LogP contribution in [-0.2, 0) is 4.74 Å². The molecule has 0 atom stereocenters. The van der Waals surface area contributed by atoms with Crippen molar-refractivity contribution < 1.29 is 14.6 Å². The highest BCUT2D eigenvalue weighted by Gasteiger charge is 2.16. The lowest BCUT2D eigenvalue weighted by Crippen LogP contribution is -2.27. The molecule has 0 aliphatic heterocycles. The molecular weight excluding hydrogens is 280 g/mol. The third-order valence-corrected chi connectivity index (χ3v) is 3.02. The molecule has 0 fully saturated rings. The van der Waals surface area contributed by atoms with Gasteiger partial charge in [0.05, 0.1) is 0 Å². The van der Waals surface area contributed by atoms with Gasteiger partial charge in [-0.25, -0.2) is 4.79 Å². The first-order chi connectivity index (χ1) is 10.3. The van der Waals surface area contributed by atoms with Crippen LogP contribution in [0, 0.1) is 6.92 Å². The molecule has 0 heterocycles. The summed E-state index contributed by atoms with van der Waals surface area (Å²) in [5.41, 5.74) is 2.34. The predicted molar refractivity (Wildman–Crippen MR) is 90.5 cm³/mol. The number of hydrogen-bond acceptors (Lipinski definition) is 4. The van der Waals surface area contributed by atoms with Gasteiger partial charge in [0.1, 0.15) is 5.60 Å². The molecule has 1 aromatic carbocycles. The smallest absolute Gasteiger partial charge is 0.412 e. The Morgan fingerprint density at radius 3 is 2.55 bits per heavy atom. The van der Waals surface area contributed by atoms with Crippen LogP contribution in [0.2, 0.25) is 0 Å². The van der Waals surface area contributed by atoms with Crippen LogP contribution in [0.25, 0.3) is 0 Å². The van der Waals surface area contributed by atoms with E-state index in [1.807, 2.05) is 45.9 Å². The molecule has 0 spiro atoms. The monoisotopic (exact) mass is 308 g/mol. The number of aliphatic hydroxyl groups excluding tert-OH is 1. The van der Waals surface area contributed by atoms with E-state index in [2.05, 4.69) is 10.6 Å². The Morgan fingerprint density at radius 1 is 1.23 bits per heavy atom. The van der Waals surface area contributed by atoms with Gasteiger partial charge in [0.25, 0.3) is 0 Å². The second-order valence-electron chi connectivity index (χ2n) is 6.37. The lowest BCUT2D eigenvalue weighted by atomic mass is 10.1. The normalized spacial score (nSPS) is 11.1. The summed E-state index contributed by atoms with van der Waals surface area (Å²) in [6, 6.07) is 5.72. The van der Waals surface area contributed by atoms with Crippen molar-refractivity contribution in [1.82, 2.24) is 0 Å². The molecule has 1 rings (SSSR count). The Hall–Kier alpha value is -1.75. The molecule has 5 heteroatoms. The number of carbonyl (C=O) groups is 1. The second-order valence-corrected chi connectivity index (χ2v) is 6.37. The first kappa shape index (κ1) is 18.3. The number of amides is 1. The minimum Gasteiger partial charge on any atom is -0.444 e. The van der Waals surface area contributed by atoms with Gasteiger partial charge in [0.2, 0.25) is 0 Å². The van der Waals surface area contributed by atoms with Crippen molar-refractivity contribution in [2.75, 3.05) is 23.8 Å². The van der Waals surface area contributed by atoms with E-state index in [1.165, 1.54) is 0 Å². The van der Waals surface area contributed by atoms with Crippen molar-refractivity contribution in [2.24, 2.45) is 0 Å². The molecule has 0 bridgehead atoms. The summed E-state index contributed by atoms with van der Waals surface area (Å²) in [5.74, 6) is 0. The van der Waals surface area contributed by atoms with Crippen molar-refractivity contribution in [1.29, 1.82) is 0 Å². The first-order valence-electron chi connectivity index (χ1n) is 7.77. The highest BCUT2D eigenvalue weighted by atomic mass is 16.6. The van der Waals surface area contributed by atoms with Gasteiger partial charge in [0.15, 0.2) is 0 Å². The molecule has 0 aliphatic carbocycles. The number of unbranched alkanes of at least 4 members (excludes halogenated alkanes) is 2. The van der Waals surface area contributed by atoms with E-state index in [1.54, 1.807) is 0 Å². The van der Waals surface area contributed by atoms with E-state index in [0.717, 1.165) is 42.7 Å². The average Bonchev–Trinajstić information content (AvgIpc) is 2.38. The summed E-state index contributed by atoms with van der Waals surface area (Å²) >= 11 is 0. The Labute approximate surface area is 133 Å². The summed E-state index contributed by atoms with van der Waals surface area (Å²) in [5, 5.41) is 14.8. The van der Waals surface area contributed by atoms with E-state index in [4.69, 9.17) is 9.84 Å². The van der Waals surface area contributed by atoms with Gasteiger partial charge in [-0.2, -0.15) is 0 Å². The Kier molecular flexibility index (Phi) is 7.18. The number of carbonyl (C=O) groups excluding carboxylic acids is 1. The zero-order valence-corrected chi connectivity index (χ0v) is 14.0. The van der Waals surface area contributed by atoms with Crippen LogP contribution in [0.1, 0.15) is 45.6 Å². The minimum atomic E-state index is -0.505. The van der Waals surface area contributed by atoms with E-state index in [9.17, 15) is 4.79 Å². The van der Waals surface area contributed by atoms with Crippen LogP contribution in [0.15, 0.2) is 18.2 Å². The van der Waals surface area contributed by atoms with Crippen molar-refractivity contribution >= 4 is 17.5 Å². The highest BCUT2D eigenvalue weighted by molar-refractivity contribution is 5.85. The largest absolute Gasteiger partial charge is 0.444 e. The Balaban J connectivity index is 2.49. The van der Waals surface area contributed by atoms with E-state index in [-0.39, 0.29) is 6.61 Å². The number of hydrogen-bond donors (Lipinski definition) is 3. The average molecular weight is 308 g/mol. The summed E-state index contributed by atoms with van der Waals surface area (Å²) in [4.78, 5) is 11.7. The summed E-state index contributed by atoms with van der Waals surface area (Å²) in [7, 11) is 0. The predicted octanol–water partition coefficient (Wildman–Crippen LogP) is 3.92. The molecule has 0 saturated carbocycles. The van der Waals surface area contributed by atoms with Crippen LogP contribution in [0.3, 0.4) is 0 Å². The van der Waals surface area contributed by atoms with Crippen molar-refractivity contribution in [2.45, 2.75) is 52.6 Å². The quantitative estimate of drug-likeness (QED) is 0.668. The molecule has 22 heavy (non-hydrogen) atoms. The van der Waals surface area contributed by atoms with Gasteiger partial charge in [-0.15, -0.1) is 0 Å². The summed E-state index contributed by atoms with van der Waals surface area (Å²) < 4.78 is 5.23. The van der Waals surface area contributed by atoms with Crippen molar-refractivity contribution in [3.05, 3.63) is 23.8 Å². The number of aliphatic hydroxyl groups is 1. The second kappa shape index (κ2) is 8.63. The lowest BCUT2D eigenvalue weighted by molar-refractivity contribution is 0.0636. The fourth-order valence-electron chi connectivity index (χ4n) is 2.00. The van der Waals surface area contributed by atoms with E-state index < -0.39 is 11.7 Å². The van der Waals surface area contributed by atoms with Gasteiger partial charge < -0.3 is 15.2 Å². The minimum absolute atomic E-state index is 0.254. The molecule has 3 N–H and O–H groups in total. The summed E-state index contributed by atoms with van der Waals surface area (Å²) in [6.45, 7) is 8.63. The Morgan fingerprint density at radius 2 is 1.95 bits per heavy atom.